The molecule has 28 heavy (non-hydrogen) atoms. The van der Waals surface area contributed by atoms with E-state index in [1.165, 1.54) is 0 Å². The van der Waals surface area contributed by atoms with E-state index in [-0.39, 0.29) is 30.3 Å². The summed E-state index contributed by atoms with van der Waals surface area (Å²) in [5.41, 5.74) is 2.46. The van der Waals surface area contributed by atoms with Crippen LogP contribution in [0.1, 0.15) is 41.5 Å². The molecule has 148 valence electrons. The van der Waals surface area contributed by atoms with Gasteiger partial charge in [0.1, 0.15) is 0 Å². The maximum atomic E-state index is 12.1. The van der Waals surface area contributed by atoms with Gasteiger partial charge in [-0.05, 0) is 69.3 Å². The number of hydrogen-bond donors (Lipinski definition) is 4. The molecule has 0 fully saturated rings. The molecule has 7 heteroatoms. The molecular weight excluding hydrogens is 356 g/mol. The van der Waals surface area contributed by atoms with E-state index in [1.54, 1.807) is 48.5 Å². The van der Waals surface area contributed by atoms with Gasteiger partial charge in [-0.1, -0.05) is 0 Å². The molecule has 0 bridgehead atoms. The van der Waals surface area contributed by atoms with Crippen LogP contribution in [0, 0.1) is 0 Å². The molecule has 0 aromatic heterocycles. The van der Waals surface area contributed by atoms with Crippen LogP contribution in [0.3, 0.4) is 0 Å². The van der Waals surface area contributed by atoms with Crippen molar-refractivity contribution in [3.63, 3.8) is 0 Å². The fraction of sp³-hybridized carbons (Fsp3) is 0.286. The molecule has 0 spiro atoms. The lowest BCUT2D eigenvalue weighted by Gasteiger charge is -2.10. The molecule has 0 aliphatic heterocycles. The minimum absolute atomic E-state index is 0.0732. The van der Waals surface area contributed by atoms with Crippen molar-refractivity contribution in [3.05, 3.63) is 59.7 Å². The molecule has 0 aliphatic rings. The van der Waals surface area contributed by atoms with Crippen LogP contribution in [-0.4, -0.2) is 36.9 Å². The van der Waals surface area contributed by atoms with Gasteiger partial charge in [-0.15, -0.1) is 0 Å². The van der Waals surface area contributed by atoms with Gasteiger partial charge in [0.15, 0.2) is 0 Å². The van der Waals surface area contributed by atoms with E-state index in [0.717, 1.165) is 5.69 Å². The van der Waals surface area contributed by atoms with Gasteiger partial charge in [0.05, 0.1) is 6.54 Å². The first-order valence-corrected chi connectivity index (χ1v) is 9.22. The Bertz CT molecular complexity index is 815. The summed E-state index contributed by atoms with van der Waals surface area (Å²) in [6, 6.07) is 13.7. The topological polar surface area (TPSA) is 99.3 Å². The van der Waals surface area contributed by atoms with Crippen LogP contribution in [-0.2, 0) is 4.79 Å². The zero-order valence-corrected chi connectivity index (χ0v) is 16.3. The van der Waals surface area contributed by atoms with Gasteiger partial charge in [0.2, 0.25) is 5.91 Å². The Labute approximate surface area is 164 Å². The number of benzene rings is 2. The van der Waals surface area contributed by atoms with Crippen LogP contribution in [0.5, 0.6) is 0 Å². The van der Waals surface area contributed by atoms with Crippen molar-refractivity contribution in [3.8, 4) is 0 Å². The van der Waals surface area contributed by atoms with Crippen molar-refractivity contribution < 1.29 is 14.4 Å². The van der Waals surface area contributed by atoms with E-state index in [9.17, 15) is 14.4 Å². The van der Waals surface area contributed by atoms with E-state index in [4.69, 9.17) is 0 Å². The van der Waals surface area contributed by atoms with Crippen LogP contribution in [0.2, 0.25) is 0 Å². The normalized spacial score (nSPS) is 10.3. The Balaban J connectivity index is 1.83. The molecule has 0 unspecified atom stereocenters. The van der Waals surface area contributed by atoms with Crippen molar-refractivity contribution in [2.24, 2.45) is 0 Å². The molecule has 2 rings (SSSR count). The van der Waals surface area contributed by atoms with Gasteiger partial charge in [0, 0.05) is 35.1 Å². The molecule has 3 amide bonds. The highest BCUT2D eigenvalue weighted by molar-refractivity contribution is 5.97. The summed E-state index contributed by atoms with van der Waals surface area (Å²) in [5.74, 6) is -0.490. The van der Waals surface area contributed by atoms with Crippen LogP contribution < -0.4 is 21.3 Å². The molecule has 0 saturated heterocycles. The van der Waals surface area contributed by atoms with Gasteiger partial charge in [-0.3, -0.25) is 14.4 Å². The SMILES string of the molecule is CCNC(=O)c1ccc(NC(=O)CNc2ccc(C(=O)NC(C)C)cc2)cc1. The number of amides is 3. The molecule has 0 saturated carbocycles. The Morgan fingerprint density at radius 3 is 1.89 bits per heavy atom. The van der Waals surface area contributed by atoms with Crippen LogP contribution in [0.4, 0.5) is 11.4 Å². The molecule has 0 atom stereocenters. The smallest absolute Gasteiger partial charge is 0.251 e. The second-order valence-corrected chi connectivity index (χ2v) is 6.54. The highest BCUT2D eigenvalue weighted by Crippen LogP contribution is 2.11. The molecule has 0 heterocycles. The molecule has 4 N–H and O–H groups in total. The second kappa shape index (κ2) is 10.1. The first-order valence-electron chi connectivity index (χ1n) is 9.22. The third kappa shape index (κ3) is 6.42. The number of rotatable bonds is 8. The fourth-order valence-electron chi connectivity index (χ4n) is 2.44. The molecule has 2 aromatic carbocycles. The summed E-state index contributed by atoms with van der Waals surface area (Å²) < 4.78 is 0. The maximum Gasteiger partial charge on any atom is 0.251 e. The van der Waals surface area contributed by atoms with Gasteiger partial charge in [0.25, 0.3) is 11.8 Å². The van der Waals surface area contributed by atoms with Crippen molar-refractivity contribution in [2.45, 2.75) is 26.8 Å². The van der Waals surface area contributed by atoms with Crippen LogP contribution in [0.25, 0.3) is 0 Å². The predicted molar refractivity (Wildman–Crippen MR) is 111 cm³/mol. The number of carbonyl (C=O) groups is 3. The summed E-state index contributed by atoms with van der Waals surface area (Å²) in [4.78, 5) is 35.7. The zero-order valence-electron chi connectivity index (χ0n) is 16.3. The lowest BCUT2D eigenvalue weighted by atomic mass is 10.2. The van der Waals surface area contributed by atoms with Gasteiger partial charge in [-0.25, -0.2) is 0 Å². The standard InChI is InChI=1S/C21H26N4O3/c1-4-22-20(27)15-7-11-18(12-8-15)25-19(26)13-23-17-9-5-16(6-10-17)21(28)24-14(2)3/h5-12,14,23H,4,13H2,1-3H3,(H,22,27)(H,24,28)(H,25,26). The summed E-state index contributed by atoms with van der Waals surface area (Å²) in [6.45, 7) is 6.30. The Morgan fingerprint density at radius 2 is 1.36 bits per heavy atom. The monoisotopic (exact) mass is 382 g/mol. The quantitative estimate of drug-likeness (QED) is 0.564. The number of nitrogens with one attached hydrogen (secondary N) is 4. The first kappa shape index (κ1) is 21.0. The fourth-order valence-corrected chi connectivity index (χ4v) is 2.44. The summed E-state index contributed by atoms with van der Waals surface area (Å²) in [7, 11) is 0. The Hall–Kier alpha value is -3.35. The largest absolute Gasteiger partial charge is 0.376 e. The second-order valence-electron chi connectivity index (χ2n) is 6.54. The van der Waals surface area contributed by atoms with Crippen LogP contribution >= 0.6 is 0 Å². The van der Waals surface area contributed by atoms with Crippen molar-refractivity contribution in [2.75, 3.05) is 23.7 Å². The first-order chi connectivity index (χ1) is 13.4. The van der Waals surface area contributed by atoms with Gasteiger partial charge in [-0.2, -0.15) is 0 Å². The van der Waals surface area contributed by atoms with E-state index >= 15 is 0 Å². The van der Waals surface area contributed by atoms with Crippen molar-refractivity contribution in [1.29, 1.82) is 0 Å². The summed E-state index contributed by atoms with van der Waals surface area (Å²) in [6.07, 6.45) is 0. The molecule has 7 nitrogen and oxygen atoms in total. The summed E-state index contributed by atoms with van der Waals surface area (Å²) >= 11 is 0. The Morgan fingerprint density at radius 1 is 0.821 bits per heavy atom. The Kier molecular flexibility index (Phi) is 7.56. The number of carbonyl (C=O) groups excluding carboxylic acids is 3. The average molecular weight is 382 g/mol. The molecule has 0 aliphatic carbocycles. The highest BCUT2D eigenvalue weighted by Gasteiger charge is 2.08. The summed E-state index contributed by atoms with van der Waals surface area (Å²) in [5, 5.41) is 11.3. The molecular formula is C21H26N4O3. The van der Waals surface area contributed by atoms with Gasteiger partial charge >= 0.3 is 0 Å². The minimum Gasteiger partial charge on any atom is -0.376 e. The minimum atomic E-state index is -0.215. The lowest BCUT2D eigenvalue weighted by molar-refractivity contribution is -0.114. The lowest BCUT2D eigenvalue weighted by Crippen LogP contribution is -2.30. The van der Waals surface area contributed by atoms with E-state index in [0.29, 0.717) is 23.4 Å². The van der Waals surface area contributed by atoms with E-state index < -0.39 is 0 Å². The van der Waals surface area contributed by atoms with Crippen molar-refractivity contribution in [1.82, 2.24) is 10.6 Å². The molecule has 0 radical (unpaired) electrons. The maximum absolute atomic E-state index is 12.1. The van der Waals surface area contributed by atoms with Crippen molar-refractivity contribution >= 4 is 29.1 Å². The third-order valence-corrected chi connectivity index (χ3v) is 3.79. The number of hydrogen-bond acceptors (Lipinski definition) is 4. The highest BCUT2D eigenvalue weighted by atomic mass is 16.2. The number of anilines is 2. The van der Waals surface area contributed by atoms with Gasteiger partial charge < -0.3 is 21.3 Å². The predicted octanol–water partition coefficient (Wildman–Crippen LogP) is 2.63. The van der Waals surface area contributed by atoms with E-state index in [2.05, 4.69) is 21.3 Å². The average Bonchev–Trinajstić information content (AvgIpc) is 2.67. The van der Waals surface area contributed by atoms with E-state index in [1.807, 2.05) is 20.8 Å². The zero-order chi connectivity index (χ0) is 20.5. The molecule has 2 aromatic rings. The third-order valence-electron chi connectivity index (χ3n) is 3.79. The van der Waals surface area contributed by atoms with Crippen LogP contribution in [0.15, 0.2) is 48.5 Å².